The zero-order valence-electron chi connectivity index (χ0n) is 12.5. The first kappa shape index (κ1) is 16.9. The van der Waals surface area contributed by atoms with Crippen LogP contribution in [0.4, 0.5) is 0 Å². The maximum absolute atomic E-state index is 12.1. The van der Waals surface area contributed by atoms with Crippen molar-refractivity contribution in [3.8, 4) is 0 Å². The lowest BCUT2D eigenvalue weighted by atomic mass is 10.00. The maximum atomic E-state index is 12.1. The molecule has 1 fully saturated rings. The molecule has 1 rings (SSSR count). The van der Waals surface area contributed by atoms with Crippen LogP contribution in [0.25, 0.3) is 0 Å². The molecule has 0 aromatic carbocycles. The molecule has 116 valence electrons. The molecule has 1 amide bonds. The number of rotatable bonds is 8. The van der Waals surface area contributed by atoms with Gasteiger partial charge in [-0.3, -0.25) is 9.59 Å². The maximum Gasteiger partial charge on any atom is 0.306 e. The minimum atomic E-state index is -0.762. The van der Waals surface area contributed by atoms with Crippen LogP contribution >= 0.6 is 0 Å². The summed E-state index contributed by atoms with van der Waals surface area (Å²) >= 11 is 0. The Morgan fingerprint density at radius 2 is 2.00 bits per heavy atom. The number of carbonyl (C=O) groups is 2. The molecule has 1 aliphatic heterocycles. The number of carbonyl (C=O) groups excluding carboxylic acids is 1. The van der Waals surface area contributed by atoms with E-state index in [-0.39, 0.29) is 29.8 Å². The second-order valence-corrected chi connectivity index (χ2v) is 5.62. The Balaban J connectivity index is 2.26. The summed E-state index contributed by atoms with van der Waals surface area (Å²) in [5, 5.41) is 14.9. The van der Waals surface area contributed by atoms with Gasteiger partial charge in [-0.05, 0) is 26.8 Å². The topological polar surface area (TPSA) is 87.7 Å². The lowest BCUT2D eigenvalue weighted by Crippen LogP contribution is -2.45. The monoisotopic (exact) mass is 286 g/mol. The SMILES string of the molecule is CNC1COCC1C(=O)NC(C)CCCC(C)C(=O)O. The minimum absolute atomic E-state index is 0.0145. The lowest BCUT2D eigenvalue weighted by molar-refractivity contribution is -0.141. The van der Waals surface area contributed by atoms with E-state index in [4.69, 9.17) is 9.84 Å². The summed E-state index contributed by atoms with van der Waals surface area (Å²) in [7, 11) is 1.83. The Hall–Kier alpha value is -1.14. The van der Waals surface area contributed by atoms with E-state index in [1.807, 2.05) is 14.0 Å². The highest BCUT2D eigenvalue weighted by atomic mass is 16.5. The van der Waals surface area contributed by atoms with Crippen molar-refractivity contribution in [1.82, 2.24) is 10.6 Å². The number of carboxylic acids is 1. The van der Waals surface area contributed by atoms with Crippen LogP contribution < -0.4 is 10.6 Å². The highest BCUT2D eigenvalue weighted by Gasteiger charge is 2.33. The fourth-order valence-electron chi connectivity index (χ4n) is 2.37. The Morgan fingerprint density at radius 1 is 1.30 bits per heavy atom. The smallest absolute Gasteiger partial charge is 0.306 e. The van der Waals surface area contributed by atoms with Gasteiger partial charge in [0, 0.05) is 12.1 Å². The van der Waals surface area contributed by atoms with Gasteiger partial charge in [-0.1, -0.05) is 13.3 Å². The number of amides is 1. The Bertz CT molecular complexity index is 335. The van der Waals surface area contributed by atoms with Crippen molar-refractivity contribution >= 4 is 11.9 Å². The molecular weight excluding hydrogens is 260 g/mol. The first-order chi connectivity index (χ1) is 9.45. The summed E-state index contributed by atoms with van der Waals surface area (Å²) in [6, 6.07) is 0.135. The van der Waals surface area contributed by atoms with E-state index in [1.54, 1.807) is 6.92 Å². The quantitative estimate of drug-likeness (QED) is 0.609. The van der Waals surface area contributed by atoms with Gasteiger partial charge in [-0.15, -0.1) is 0 Å². The number of hydrogen-bond acceptors (Lipinski definition) is 4. The molecule has 1 heterocycles. The van der Waals surface area contributed by atoms with E-state index in [0.29, 0.717) is 19.6 Å². The summed E-state index contributed by atoms with van der Waals surface area (Å²) in [6.45, 7) is 4.69. The van der Waals surface area contributed by atoms with Gasteiger partial charge in [0.15, 0.2) is 0 Å². The van der Waals surface area contributed by atoms with Crippen LogP contribution in [0.3, 0.4) is 0 Å². The van der Waals surface area contributed by atoms with Crippen LogP contribution in [0.5, 0.6) is 0 Å². The van der Waals surface area contributed by atoms with Crippen molar-refractivity contribution < 1.29 is 19.4 Å². The number of carboxylic acid groups (broad SMARTS) is 1. The van der Waals surface area contributed by atoms with Crippen molar-refractivity contribution in [2.75, 3.05) is 20.3 Å². The molecule has 6 heteroatoms. The van der Waals surface area contributed by atoms with Gasteiger partial charge in [-0.2, -0.15) is 0 Å². The van der Waals surface area contributed by atoms with Gasteiger partial charge < -0.3 is 20.5 Å². The van der Waals surface area contributed by atoms with E-state index < -0.39 is 5.97 Å². The summed E-state index contributed by atoms with van der Waals surface area (Å²) in [4.78, 5) is 22.8. The minimum Gasteiger partial charge on any atom is -0.481 e. The molecule has 0 aromatic rings. The number of hydrogen-bond donors (Lipinski definition) is 3. The molecule has 0 radical (unpaired) electrons. The molecule has 6 nitrogen and oxygen atoms in total. The van der Waals surface area contributed by atoms with Crippen molar-refractivity contribution in [2.24, 2.45) is 11.8 Å². The summed E-state index contributed by atoms with van der Waals surface area (Å²) in [6.07, 6.45) is 2.23. The molecule has 0 aromatic heterocycles. The van der Waals surface area contributed by atoms with Crippen LogP contribution in [0.15, 0.2) is 0 Å². The fraction of sp³-hybridized carbons (Fsp3) is 0.857. The normalized spacial score (nSPS) is 25.1. The highest BCUT2D eigenvalue weighted by molar-refractivity contribution is 5.80. The van der Waals surface area contributed by atoms with Gasteiger partial charge in [0.25, 0.3) is 0 Å². The molecule has 0 spiro atoms. The zero-order valence-corrected chi connectivity index (χ0v) is 12.5. The molecule has 1 aliphatic rings. The standard InChI is InChI=1S/C14H26N2O4/c1-9(14(18)19)5-4-6-10(2)16-13(17)11-7-20-8-12(11)15-3/h9-12,15H,4-8H2,1-3H3,(H,16,17)(H,18,19). The molecule has 1 saturated heterocycles. The van der Waals surface area contributed by atoms with Gasteiger partial charge in [0.1, 0.15) is 0 Å². The third kappa shape index (κ3) is 5.09. The predicted octanol–water partition coefficient (Wildman–Crippen LogP) is 0.616. The van der Waals surface area contributed by atoms with E-state index in [0.717, 1.165) is 12.8 Å². The molecule has 20 heavy (non-hydrogen) atoms. The average Bonchev–Trinajstić information content (AvgIpc) is 2.86. The van der Waals surface area contributed by atoms with Crippen LogP contribution in [0, 0.1) is 11.8 Å². The van der Waals surface area contributed by atoms with Gasteiger partial charge in [0.05, 0.1) is 25.0 Å². The van der Waals surface area contributed by atoms with Crippen molar-refractivity contribution in [3.63, 3.8) is 0 Å². The second kappa shape index (κ2) is 8.21. The Labute approximate surface area is 120 Å². The third-order valence-corrected chi connectivity index (χ3v) is 3.87. The van der Waals surface area contributed by atoms with Crippen molar-refractivity contribution in [3.05, 3.63) is 0 Å². The number of nitrogens with one attached hydrogen (secondary N) is 2. The summed E-state index contributed by atoms with van der Waals surface area (Å²) < 4.78 is 5.31. The molecule has 4 unspecified atom stereocenters. The number of ether oxygens (including phenoxy) is 1. The van der Waals surface area contributed by atoms with E-state index in [9.17, 15) is 9.59 Å². The molecule has 3 N–H and O–H groups in total. The van der Waals surface area contributed by atoms with E-state index in [2.05, 4.69) is 10.6 Å². The third-order valence-electron chi connectivity index (χ3n) is 3.87. The van der Waals surface area contributed by atoms with Crippen LogP contribution in [0.1, 0.15) is 33.1 Å². The van der Waals surface area contributed by atoms with Crippen molar-refractivity contribution in [1.29, 1.82) is 0 Å². The Morgan fingerprint density at radius 3 is 2.60 bits per heavy atom. The predicted molar refractivity (Wildman–Crippen MR) is 75.4 cm³/mol. The molecule has 0 saturated carbocycles. The first-order valence-electron chi connectivity index (χ1n) is 7.23. The fourth-order valence-corrected chi connectivity index (χ4v) is 2.37. The number of aliphatic carboxylic acids is 1. The van der Waals surface area contributed by atoms with Gasteiger partial charge in [-0.25, -0.2) is 0 Å². The molecule has 0 aliphatic carbocycles. The lowest BCUT2D eigenvalue weighted by Gasteiger charge is -2.20. The van der Waals surface area contributed by atoms with Crippen LogP contribution in [-0.4, -0.2) is 49.3 Å². The van der Waals surface area contributed by atoms with Crippen LogP contribution in [0.2, 0.25) is 0 Å². The van der Waals surface area contributed by atoms with Gasteiger partial charge >= 0.3 is 5.97 Å². The van der Waals surface area contributed by atoms with E-state index >= 15 is 0 Å². The zero-order chi connectivity index (χ0) is 15.1. The molecular formula is C14H26N2O4. The highest BCUT2D eigenvalue weighted by Crippen LogP contribution is 2.15. The largest absolute Gasteiger partial charge is 0.481 e. The Kier molecular flexibility index (Phi) is 6.95. The van der Waals surface area contributed by atoms with Gasteiger partial charge in [0.2, 0.25) is 5.91 Å². The molecule has 4 atom stereocenters. The first-order valence-corrected chi connectivity index (χ1v) is 7.23. The second-order valence-electron chi connectivity index (χ2n) is 5.62. The number of likely N-dealkylation sites (N-methyl/N-ethyl adjacent to an activating group) is 1. The molecule has 0 bridgehead atoms. The van der Waals surface area contributed by atoms with Crippen molar-refractivity contribution in [2.45, 2.75) is 45.2 Å². The average molecular weight is 286 g/mol. The van der Waals surface area contributed by atoms with E-state index in [1.165, 1.54) is 0 Å². The summed E-state index contributed by atoms with van der Waals surface area (Å²) in [5.74, 6) is -1.21. The van der Waals surface area contributed by atoms with Crippen LogP contribution in [-0.2, 0) is 14.3 Å². The summed E-state index contributed by atoms with van der Waals surface area (Å²) in [5.41, 5.74) is 0.